The zero-order valence-corrected chi connectivity index (χ0v) is 15.1. The largest absolute Gasteiger partial charge is 0.494 e. The van der Waals surface area contributed by atoms with Crippen LogP contribution in [0.25, 0.3) is 0 Å². The number of rotatable bonds is 7. The van der Waals surface area contributed by atoms with Gasteiger partial charge in [0.15, 0.2) is 0 Å². The molecule has 0 heterocycles. The third kappa shape index (κ3) is 5.26. The highest BCUT2D eigenvalue weighted by Crippen LogP contribution is 2.15. The molecule has 2 aromatic carbocycles. The molecule has 0 atom stereocenters. The second-order valence-corrected chi connectivity index (χ2v) is 7.61. The van der Waals surface area contributed by atoms with Crippen molar-refractivity contribution in [3.63, 3.8) is 0 Å². The zero-order chi connectivity index (χ0) is 16.0. The first-order valence-corrected chi connectivity index (χ1v) is 9.30. The summed E-state index contributed by atoms with van der Waals surface area (Å²) in [6.45, 7) is 2.41. The van der Waals surface area contributed by atoms with Gasteiger partial charge in [0.2, 0.25) is 0 Å². The van der Waals surface area contributed by atoms with Gasteiger partial charge in [0, 0.05) is 9.99 Å². The molecule has 4 nitrogen and oxygen atoms in total. The number of benzene rings is 2. The number of aryl methyl sites for hydroxylation is 1. The molecule has 0 bridgehead atoms. The molecule has 0 saturated heterocycles. The molecular weight excluding hydrogens is 415 g/mol. The third-order valence-corrected chi connectivity index (χ3v) is 4.96. The maximum Gasteiger partial charge on any atom is 0.296 e. The molecule has 0 unspecified atom stereocenters. The zero-order valence-electron chi connectivity index (χ0n) is 12.2. The molecule has 2 rings (SSSR count). The third-order valence-electron chi connectivity index (χ3n) is 2.92. The van der Waals surface area contributed by atoms with Crippen LogP contribution in [-0.4, -0.2) is 21.6 Å². The second kappa shape index (κ2) is 7.94. The molecule has 118 valence electrons. The minimum Gasteiger partial charge on any atom is -0.494 e. The summed E-state index contributed by atoms with van der Waals surface area (Å²) in [7, 11) is -3.68. The van der Waals surface area contributed by atoms with E-state index in [-0.39, 0.29) is 11.5 Å². The van der Waals surface area contributed by atoms with Gasteiger partial charge in [-0.2, -0.15) is 8.42 Å². The fourth-order valence-corrected chi connectivity index (χ4v) is 3.02. The average Bonchev–Trinajstić information content (AvgIpc) is 2.49. The van der Waals surface area contributed by atoms with Gasteiger partial charge >= 0.3 is 0 Å². The van der Waals surface area contributed by atoms with Crippen molar-refractivity contribution in [3.8, 4) is 5.75 Å². The van der Waals surface area contributed by atoms with Crippen LogP contribution in [0, 0.1) is 10.5 Å². The molecule has 0 amide bonds. The van der Waals surface area contributed by atoms with Crippen molar-refractivity contribution >= 4 is 32.7 Å². The van der Waals surface area contributed by atoms with Crippen LogP contribution in [0.15, 0.2) is 53.4 Å². The lowest BCUT2D eigenvalue weighted by Crippen LogP contribution is -2.10. The van der Waals surface area contributed by atoms with Crippen molar-refractivity contribution in [2.45, 2.75) is 18.2 Å². The van der Waals surface area contributed by atoms with Crippen LogP contribution in [0.2, 0.25) is 0 Å². The van der Waals surface area contributed by atoms with Crippen LogP contribution in [0.4, 0.5) is 0 Å². The first kappa shape index (κ1) is 17.2. The Kier molecular flexibility index (Phi) is 6.22. The van der Waals surface area contributed by atoms with E-state index in [1.54, 1.807) is 24.3 Å². The minimum atomic E-state index is -3.68. The molecule has 0 saturated carbocycles. The Morgan fingerprint density at radius 1 is 0.955 bits per heavy atom. The van der Waals surface area contributed by atoms with Crippen LogP contribution < -0.4 is 4.74 Å². The van der Waals surface area contributed by atoms with Gasteiger partial charge in [-0.15, -0.1) is 0 Å². The first-order valence-electron chi connectivity index (χ1n) is 6.82. The highest BCUT2D eigenvalue weighted by atomic mass is 127. The average molecular weight is 432 g/mol. The van der Waals surface area contributed by atoms with Crippen molar-refractivity contribution in [2.75, 3.05) is 13.2 Å². The van der Waals surface area contributed by atoms with E-state index in [2.05, 4.69) is 22.6 Å². The maximum atomic E-state index is 12.0. The molecule has 0 aliphatic rings. The lowest BCUT2D eigenvalue weighted by molar-refractivity contribution is 0.250. The van der Waals surface area contributed by atoms with Gasteiger partial charge in [0.1, 0.15) is 5.75 Å². The molecule has 0 aliphatic heterocycles. The predicted molar refractivity (Wildman–Crippen MR) is 93.6 cm³/mol. The quantitative estimate of drug-likeness (QED) is 0.380. The van der Waals surface area contributed by atoms with Crippen molar-refractivity contribution in [2.24, 2.45) is 0 Å². The van der Waals surface area contributed by atoms with E-state index < -0.39 is 10.1 Å². The number of hydrogen-bond donors (Lipinski definition) is 0. The molecule has 6 heteroatoms. The van der Waals surface area contributed by atoms with Crippen molar-refractivity contribution < 1.29 is 17.3 Å². The van der Waals surface area contributed by atoms with Gasteiger partial charge in [-0.05, 0) is 65.9 Å². The fraction of sp³-hybridized carbons (Fsp3) is 0.250. The summed E-state index contributed by atoms with van der Waals surface area (Å²) >= 11 is 2.22. The molecular formula is C16H17IO4S. The summed E-state index contributed by atoms with van der Waals surface area (Å²) < 4.78 is 35.6. The highest BCUT2D eigenvalue weighted by molar-refractivity contribution is 14.1. The van der Waals surface area contributed by atoms with E-state index in [1.165, 1.54) is 0 Å². The molecule has 0 aliphatic carbocycles. The summed E-state index contributed by atoms with van der Waals surface area (Å²) in [5.74, 6) is 0.766. The topological polar surface area (TPSA) is 52.6 Å². The standard InChI is InChI=1S/C16H17IO4S/c1-13-3-9-16(10-4-13)22(18,19)21-12-2-11-20-15-7-5-14(17)6-8-15/h3-10H,2,11-12H2,1H3. The van der Waals surface area contributed by atoms with Crippen LogP contribution in [0.5, 0.6) is 5.75 Å². The van der Waals surface area contributed by atoms with Crippen LogP contribution in [0.3, 0.4) is 0 Å². The molecule has 0 radical (unpaired) electrons. The number of halogens is 1. The monoisotopic (exact) mass is 432 g/mol. The molecule has 2 aromatic rings. The molecule has 0 aromatic heterocycles. The summed E-state index contributed by atoms with van der Waals surface area (Å²) in [5, 5.41) is 0. The Morgan fingerprint density at radius 2 is 1.59 bits per heavy atom. The SMILES string of the molecule is Cc1ccc(S(=O)(=O)OCCCOc2ccc(I)cc2)cc1. The fourth-order valence-electron chi connectivity index (χ4n) is 1.72. The Balaban J connectivity index is 1.76. The normalized spacial score (nSPS) is 11.4. The lowest BCUT2D eigenvalue weighted by Gasteiger charge is -2.08. The van der Waals surface area contributed by atoms with Crippen molar-refractivity contribution in [1.29, 1.82) is 0 Å². The van der Waals surface area contributed by atoms with E-state index in [1.807, 2.05) is 31.2 Å². The maximum absolute atomic E-state index is 12.0. The molecule has 0 spiro atoms. The number of ether oxygens (including phenoxy) is 1. The van der Waals surface area contributed by atoms with E-state index >= 15 is 0 Å². The van der Waals surface area contributed by atoms with Gasteiger partial charge in [-0.25, -0.2) is 0 Å². The van der Waals surface area contributed by atoms with E-state index in [4.69, 9.17) is 8.92 Å². The Hall–Kier alpha value is -1.12. The minimum absolute atomic E-state index is 0.0978. The van der Waals surface area contributed by atoms with Crippen LogP contribution in [0.1, 0.15) is 12.0 Å². The molecule has 0 fully saturated rings. The number of hydrogen-bond acceptors (Lipinski definition) is 4. The van der Waals surface area contributed by atoms with Gasteiger partial charge in [0.05, 0.1) is 18.1 Å². The summed E-state index contributed by atoms with van der Waals surface area (Å²) in [6, 6.07) is 14.3. The van der Waals surface area contributed by atoms with Crippen molar-refractivity contribution in [3.05, 3.63) is 57.7 Å². The van der Waals surface area contributed by atoms with Gasteiger partial charge in [0.25, 0.3) is 10.1 Å². The summed E-state index contributed by atoms with van der Waals surface area (Å²) in [5.41, 5.74) is 1.00. The van der Waals surface area contributed by atoms with Gasteiger partial charge in [-0.3, -0.25) is 4.18 Å². The molecule has 0 N–H and O–H groups in total. The van der Waals surface area contributed by atoms with E-state index in [9.17, 15) is 8.42 Å². The summed E-state index contributed by atoms with van der Waals surface area (Å²) in [6.07, 6.45) is 0.497. The lowest BCUT2D eigenvalue weighted by atomic mass is 10.2. The van der Waals surface area contributed by atoms with E-state index in [0.29, 0.717) is 13.0 Å². The molecule has 22 heavy (non-hydrogen) atoms. The Morgan fingerprint density at radius 3 is 2.23 bits per heavy atom. The van der Waals surface area contributed by atoms with Crippen LogP contribution >= 0.6 is 22.6 Å². The summed E-state index contributed by atoms with van der Waals surface area (Å²) in [4.78, 5) is 0.177. The highest BCUT2D eigenvalue weighted by Gasteiger charge is 2.14. The smallest absolute Gasteiger partial charge is 0.296 e. The first-order chi connectivity index (χ1) is 10.5. The van der Waals surface area contributed by atoms with E-state index in [0.717, 1.165) is 14.9 Å². The van der Waals surface area contributed by atoms with Gasteiger partial charge in [-0.1, -0.05) is 17.7 Å². The van der Waals surface area contributed by atoms with Gasteiger partial charge < -0.3 is 4.74 Å². The second-order valence-electron chi connectivity index (χ2n) is 4.75. The van der Waals surface area contributed by atoms with Crippen molar-refractivity contribution in [1.82, 2.24) is 0 Å². The predicted octanol–water partition coefficient (Wildman–Crippen LogP) is 3.77. The van der Waals surface area contributed by atoms with Crippen LogP contribution in [-0.2, 0) is 14.3 Å². The Bertz CT molecular complexity index is 694. The Labute approximate surface area is 144 Å².